The second kappa shape index (κ2) is 15.9. The Hall–Kier alpha value is -4.16. The van der Waals surface area contributed by atoms with Crippen LogP contribution in [0.2, 0.25) is 0 Å². The van der Waals surface area contributed by atoms with Crippen molar-refractivity contribution in [3.05, 3.63) is 89.6 Å². The predicted octanol–water partition coefficient (Wildman–Crippen LogP) is 4.13. The van der Waals surface area contributed by atoms with E-state index in [1.807, 2.05) is 30.0 Å². The Labute approximate surface area is 236 Å². The number of allylic oxidation sites excluding steroid dienone is 7. The minimum absolute atomic E-state index is 0.00355. The fraction of sp³-hybridized carbons (Fsp3) is 0.300. The average molecular weight is 546 g/mol. The molecular weight excluding hydrogens is 510 g/mol. The Morgan fingerprint density at radius 1 is 1.23 bits per heavy atom. The number of pyridine rings is 1. The smallest absolute Gasteiger partial charge is 0.260 e. The van der Waals surface area contributed by atoms with Crippen LogP contribution in [-0.4, -0.2) is 72.5 Å². The second-order valence-corrected chi connectivity index (χ2v) is 9.27. The number of aldehydes is 1. The number of ketones is 1. The van der Waals surface area contributed by atoms with Gasteiger partial charge in [-0.3, -0.25) is 14.4 Å². The van der Waals surface area contributed by atoms with Crippen LogP contribution in [0, 0.1) is 11.3 Å². The number of nitrogens with zero attached hydrogens (tertiary/aromatic N) is 5. The summed E-state index contributed by atoms with van der Waals surface area (Å²) < 4.78 is 0. The monoisotopic (exact) mass is 545 g/mol. The van der Waals surface area contributed by atoms with Gasteiger partial charge >= 0.3 is 0 Å². The van der Waals surface area contributed by atoms with E-state index < -0.39 is 0 Å². The molecule has 39 heavy (non-hydrogen) atoms. The van der Waals surface area contributed by atoms with Gasteiger partial charge in [-0.2, -0.15) is 5.26 Å². The molecule has 0 spiro atoms. The van der Waals surface area contributed by atoms with Crippen LogP contribution in [0.3, 0.4) is 0 Å². The molecule has 2 rings (SSSR count). The molecule has 1 fully saturated rings. The lowest BCUT2D eigenvalue weighted by atomic mass is 10.1. The largest absolute Gasteiger partial charge is 0.368 e. The summed E-state index contributed by atoms with van der Waals surface area (Å²) in [7, 11) is 1.73. The molecule has 0 N–H and O–H groups in total. The van der Waals surface area contributed by atoms with Crippen LogP contribution in [0.25, 0.3) is 5.70 Å². The standard InChI is InChI=1S/C30H35N5O3S/c1-5-7-8-9-13-23(3)26(37)21-33(4)29-25(14-10-15-32-29)28(24(20-31)22-36)34-16-11-17-35(19-18-34)30(38)27(39)12-6-2/h6-10,12-15,22,39H,2-3,5,11,16-19,21H2,1,4H3/b8-7-,13-9-,27-12-,28-24+. The van der Waals surface area contributed by atoms with E-state index in [0.29, 0.717) is 66.4 Å². The zero-order valence-corrected chi connectivity index (χ0v) is 23.4. The van der Waals surface area contributed by atoms with Crippen molar-refractivity contribution in [2.24, 2.45) is 0 Å². The summed E-state index contributed by atoms with van der Waals surface area (Å²) in [5, 5.41) is 9.83. The zero-order valence-electron chi connectivity index (χ0n) is 22.5. The van der Waals surface area contributed by atoms with E-state index in [2.05, 4.69) is 30.8 Å². The summed E-state index contributed by atoms with van der Waals surface area (Å²) >= 11 is 4.27. The van der Waals surface area contributed by atoms with Crippen molar-refractivity contribution in [2.75, 3.05) is 44.7 Å². The summed E-state index contributed by atoms with van der Waals surface area (Å²) in [6, 6.07) is 5.50. The summed E-state index contributed by atoms with van der Waals surface area (Å²) in [6.07, 6.45) is 14.0. The van der Waals surface area contributed by atoms with Gasteiger partial charge in [0.25, 0.3) is 5.91 Å². The molecule has 0 saturated carbocycles. The Morgan fingerprint density at radius 2 is 1.95 bits per heavy atom. The van der Waals surface area contributed by atoms with Crippen molar-refractivity contribution in [1.29, 1.82) is 5.26 Å². The number of amides is 1. The van der Waals surface area contributed by atoms with Gasteiger partial charge in [0.1, 0.15) is 17.5 Å². The number of anilines is 1. The normalized spacial score (nSPS) is 15.0. The van der Waals surface area contributed by atoms with Gasteiger partial charge in [0.05, 0.1) is 17.1 Å². The molecule has 0 atom stereocenters. The maximum Gasteiger partial charge on any atom is 0.260 e. The van der Waals surface area contributed by atoms with Crippen LogP contribution in [0.1, 0.15) is 25.3 Å². The SMILES string of the molecule is C=C/C=C(\S)C(=O)N1CCCN(/C(=C(\C#N)C=O)c2cccnc2N(C)CC(=O)C(=C)/C=C\C=C/CC)CC1. The number of thiol groups is 1. The van der Waals surface area contributed by atoms with Crippen molar-refractivity contribution in [3.8, 4) is 6.07 Å². The van der Waals surface area contributed by atoms with Crippen molar-refractivity contribution < 1.29 is 14.4 Å². The van der Waals surface area contributed by atoms with Gasteiger partial charge in [-0.15, -0.1) is 12.6 Å². The van der Waals surface area contributed by atoms with Crippen molar-refractivity contribution in [2.45, 2.75) is 19.8 Å². The molecule has 1 amide bonds. The number of hydrogen-bond acceptors (Lipinski definition) is 8. The summed E-state index contributed by atoms with van der Waals surface area (Å²) in [5.74, 6) is 0.0545. The Bertz CT molecular complexity index is 1260. The first kappa shape index (κ1) is 31.1. The average Bonchev–Trinajstić information content (AvgIpc) is 3.19. The second-order valence-electron chi connectivity index (χ2n) is 8.79. The molecule has 204 valence electrons. The summed E-state index contributed by atoms with van der Waals surface area (Å²) in [4.78, 5) is 47.7. The van der Waals surface area contributed by atoms with Gasteiger partial charge in [0.15, 0.2) is 12.1 Å². The van der Waals surface area contributed by atoms with Gasteiger partial charge < -0.3 is 14.7 Å². The predicted molar refractivity (Wildman–Crippen MR) is 159 cm³/mol. The molecule has 2 heterocycles. The molecule has 1 saturated heterocycles. The van der Waals surface area contributed by atoms with E-state index in [1.165, 1.54) is 6.08 Å². The molecular formula is C30H35N5O3S. The molecule has 1 aliphatic rings. The highest BCUT2D eigenvalue weighted by Gasteiger charge is 2.26. The third-order valence-electron chi connectivity index (χ3n) is 6.01. The van der Waals surface area contributed by atoms with Gasteiger partial charge in [-0.25, -0.2) is 4.98 Å². The number of carbonyl (C=O) groups is 3. The number of nitriles is 1. The van der Waals surface area contributed by atoms with Crippen LogP contribution < -0.4 is 4.90 Å². The molecule has 0 unspecified atom stereocenters. The number of rotatable bonds is 12. The maximum atomic E-state index is 12.8. The van der Waals surface area contributed by atoms with Gasteiger partial charge in [0.2, 0.25) is 0 Å². The highest BCUT2D eigenvalue weighted by molar-refractivity contribution is 7.85. The fourth-order valence-electron chi connectivity index (χ4n) is 4.07. The lowest BCUT2D eigenvalue weighted by Crippen LogP contribution is -2.35. The Morgan fingerprint density at radius 3 is 2.62 bits per heavy atom. The first-order chi connectivity index (χ1) is 18.8. The number of likely N-dealkylation sites (N-methyl/N-ethyl adjacent to an activating group) is 1. The third kappa shape index (κ3) is 8.69. The zero-order chi connectivity index (χ0) is 28.8. The quantitative estimate of drug-likeness (QED) is 0.139. The van der Waals surface area contributed by atoms with Crippen LogP contribution >= 0.6 is 12.6 Å². The third-order valence-corrected chi connectivity index (χ3v) is 6.35. The van der Waals surface area contributed by atoms with Gasteiger partial charge in [-0.05, 0) is 31.1 Å². The first-order valence-corrected chi connectivity index (χ1v) is 13.1. The van der Waals surface area contributed by atoms with Crippen molar-refractivity contribution in [3.63, 3.8) is 0 Å². The van der Waals surface area contributed by atoms with E-state index in [-0.39, 0.29) is 23.8 Å². The highest BCUT2D eigenvalue weighted by Crippen LogP contribution is 2.30. The number of Topliss-reactive ketones (excluding diaryl/α,β-unsaturated/α-hetero) is 1. The first-order valence-electron chi connectivity index (χ1n) is 12.7. The van der Waals surface area contributed by atoms with E-state index >= 15 is 0 Å². The Balaban J connectivity index is 2.38. The van der Waals surface area contributed by atoms with E-state index in [9.17, 15) is 19.6 Å². The molecule has 1 aromatic rings. The fourth-order valence-corrected chi connectivity index (χ4v) is 4.31. The lowest BCUT2D eigenvalue weighted by molar-refractivity contribution is -0.126. The molecule has 0 aliphatic carbocycles. The van der Waals surface area contributed by atoms with E-state index in [0.717, 1.165) is 6.42 Å². The number of aromatic nitrogens is 1. The molecule has 1 aromatic heterocycles. The molecule has 8 nitrogen and oxygen atoms in total. The minimum atomic E-state index is -0.207. The van der Waals surface area contributed by atoms with Crippen LogP contribution in [0.5, 0.6) is 0 Å². The maximum absolute atomic E-state index is 12.8. The van der Waals surface area contributed by atoms with E-state index in [1.54, 1.807) is 53.4 Å². The lowest BCUT2D eigenvalue weighted by Gasteiger charge is -2.29. The Kier molecular flexibility index (Phi) is 12.7. The topological polar surface area (TPSA) is 97.6 Å². The highest BCUT2D eigenvalue weighted by atomic mass is 32.1. The molecule has 1 aliphatic heterocycles. The van der Waals surface area contributed by atoms with Crippen molar-refractivity contribution >= 4 is 42.1 Å². The molecule has 0 radical (unpaired) electrons. The number of carbonyl (C=O) groups excluding carboxylic acids is 3. The van der Waals surface area contributed by atoms with E-state index in [4.69, 9.17) is 0 Å². The minimum Gasteiger partial charge on any atom is -0.368 e. The van der Waals surface area contributed by atoms with Crippen LogP contribution in [-0.2, 0) is 14.4 Å². The summed E-state index contributed by atoms with van der Waals surface area (Å²) in [5.41, 5.74) is 1.26. The van der Waals surface area contributed by atoms with Gasteiger partial charge in [0, 0.05) is 50.6 Å². The molecule has 9 heteroatoms. The molecule has 0 bridgehead atoms. The molecule has 0 aromatic carbocycles. The van der Waals surface area contributed by atoms with Crippen LogP contribution in [0.4, 0.5) is 5.82 Å². The summed E-state index contributed by atoms with van der Waals surface area (Å²) in [6.45, 7) is 11.3. The van der Waals surface area contributed by atoms with Gasteiger partial charge in [-0.1, -0.05) is 50.5 Å². The number of hydrogen-bond donors (Lipinski definition) is 1. The van der Waals surface area contributed by atoms with Crippen LogP contribution in [0.15, 0.2) is 84.0 Å². The van der Waals surface area contributed by atoms with Crippen molar-refractivity contribution in [1.82, 2.24) is 14.8 Å².